The van der Waals surface area contributed by atoms with E-state index in [0.29, 0.717) is 21.0 Å². The molecule has 1 N–H and O–H groups in total. The molecular weight excluding hydrogens is 503 g/mol. The van der Waals surface area contributed by atoms with Crippen LogP contribution in [0.4, 0.5) is 5.69 Å². The van der Waals surface area contributed by atoms with Crippen molar-refractivity contribution in [1.29, 1.82) is 0 Å². The summed E-state index contributed by atoms with van der Waals surface area (Å²) in [6.45, 7) is 0. The van der Waals surface area contributed by atoms with Gasteiger partial charge in [0.2, 0.25) is 0 Å². The molecule has 1 amide bonds. The van der Waals surface area contributed by atoms with Crippen LogP contribution in [0, 0.1) is 0 Å². The van der Waals surface area contributed by atoms with E-state index in [4.69, 9.17) is 23.2 Å². The fourth-order valence-corrected chi connectivity index (χ4v) is 4.17. The average Bonchev–Trinajstić information content (AvgIpc) is 3.28. The van der Waals surface area contributed by atoms with Gasteiger partial charge in [0, 0.05) is 41.1 Å². The molecule has 0 spiro atoms. The first-order valence-electron chi connectivity index (χ1n) is 10.6. The summed E-state index contributed by atoms with van der Waals surface area (Å²) in [5.74, 6) is 0.490. The third-order valence-electron chi connectivity index (χ3n) is 4.97. The number of carbonyl (C=O) groups is 1. The maximum Gasteiger partial charge on any atom is 0.250 e. The number of anilines is 1. The normalized spacial score (nSPS) is 11.1. The first-order chi connectivity index (χ1) is 16.9. The number of hydrazone groups is 1. The Morgan fingerprint density at radius 3 is 2.23 bits per heavy atom. The highest BCUT2D eigenvalue weighted by molar-refractivity contribution is 7.99. The lowest BCUT2D eigenvalue weighted by molar-refractivity contribution is -0.118. The number of rotatable bonds is 8. The van der Waals surface area contributed by atoms with E-state index in [1.165, 1.54) is 11.8 Å². The van der Waals surface area contributed by atoms with Crippen LogP contribution in [0.25, 0.3) is 17.1 Å². The van der Waals surface area contributed by atoms with Crippen LogP contribution in [0.2, 0.25) is 10.0 Å². The van der Waals surface area contributed by atoms with Gasteiger partial charge in [-0.05, 0) is 66.2 Å². The Bertz CT molecular complexity index is 1320. The standard InChI is InChI=1S/C25H22Cl2N6OS/c1-32(2)21-11-3-17(4-12-21)15-28-29-23(34)16-35-25-31-30-24(18-5-7-19(26)8-6-18)33(25)22-13-9-20(27)10-14-22/h3-15H,16H2,1-2H3,(H,29,34). The van der Waals surface area contributed by atoms with Gasteiger partial charge in [0.25, 0.3) is 5.91 Å². The lowest BCUT2D eigenvalue weighted by Crippen LogP contribution is -2.20. The van der Waals surface area contributed by atoms with E-state index < -0.39 is 0 Å². The molecule has 3 aromatic carbocycles. The van der Waals surface area contributed by atoms with Gasteiger partial charge in [-0.1, -0.05) is 47.1 Å². The first-order valence-corrected chi connectivity index (χ1v) is 12.3. The number of nitrogens with zero attached hydrogens (tertiary/aromatic N) is 5. The minimum Gasteiger partial charge on any atom is -0.378 e. The predicted octanol–water partition coefficient (Wildman–Crippen LogP) is 5.55. The molecule has 0 unspecified atom stereocenters. The Kier molecular flexibility index (Phi) is 8.07. The second kappa shape index (κ2) is 11.4. The Labute approximate surface area is 217 Å². The maximum absolute atomic E-state index is 12.4. The maximum atomic E-state index is 12.4. The Morgan fingerprint density at radius 2 is 1.60 bits per heavy atom. The summed E-state index contributed by atoms with van der Waals surface area (Å²) in [6, 6.07) is 22.5. The Balaban J connectivity index is 1.47. The van der Waals surface area contributed by atoms with E-state index >= 15 is 0 Å². The van der Waals surface area contributed by atoms with E-state index in [0.717, 1.165) is 22.5 Å². The van der Waals surface area contributed by atoms with Crippen molar-refractivity contribution in [3.8, 4) is 17.1 Å². The first kappa shape index (κ1) is 24.8. The fourth-order valence-electron chi connectivity index (χ4n) is 3.17. The molecule has 0 radical (unpaired) electrons. The summed E-state index contributed by atoms with van der Waals surface area (Å²) in [4.78, 5) is 14.4. The molecule has 178 valence electrons. The summed E-state index contributed by atoms with van der Waals surface area (Å²) in [5, 5.41) is 14.6. The van der Waals surface area contributed by atoms with Gasteiger partial charge >= 0.3 is 0 Å². The molecule has 0 fully saturated rings. The summed E-state index contributed by atoms with van der Waals surface area (Å²) >= 11 is 13.4. The molecule has 4 rings (SSSR count). The molecule has 0 bridgehead atoms. The summed E-state index contributed by atoms with van der Waals surface area (Å²) < 4.78 is 1.88. The second-order valence-corrected chi connectivity index (χ2v) is 9.51. The molecular formula is C25H22Cl2N6OS. The molecule has 0 aliphatic heterocycles. The number of nitrogens with one attached hydrogen (secondary N) is 1. The summed E-state index contributed by atoms with van der Waals surface area (Å²) in [7, 11) is 3.96. The third-order valence-corrected chi connectivity index (χ3v) is 6.40. The molecule has 10 heteroatoms. The smallest absolute Gasteiger partial charge is 0.250 e. The van der Waals surface area contributed by atoms with Crippen molar-refractivity contribution in [3.63, 3.8) is 0 Å². The topological polar surface area (TPSA) is 75.4 Å². The van der Waals surface area contributed by atoms with E-state index in [2.05, 4.69) is 20.7 Å². The molecule has 0 aliphatic carbocycles. The molecule has 0 atom stereocenters. The van der Waals surface area contributed by atoms with Crippen LogP contribution >= 0.6 is 35.0 Å². The summed E-state index contributed by atoms with van der Waals surface area (Å²) in [5.41, 5.74) is 6.21. The van der Waals surface area contributed by atoms with E-state index in [1.807, 2.05) is 72.1 Å². The summed E-state index contributed by atoms with van der Waals surface area (Å²) in [6.07, 6.45) is 1.61. The van der Waals surface area contributed by atoms with Crippen LogP contribution in [0.1, 0.15) is 5.56 Å². The van der Waals surface area contributed by atoms with Crippen molar-refractivity contribution in [2.45, 2.75) is 5.16 Å². The molecule has 0 saturated heterocycles. The Hall–Kier alpha value is -3.33. The fraction of sp³-hybridized carbons (Fsp3) is 0.120. The number of halogens is 2. The van der Waals surface area contributed by atoms with Crippen LogP contribution in [0.5, 0.6) is 0 Å². The predicted molar refractivity (Wildman–Crippen MR) is 144 cm³/mol. The molecule has 35 heavy (non-hydrogen) atoms. The Morgan fingerprint density at radius 1 is 0.971 bits per heavy atom. The van der Waals surface area contributed by atoms with Crippen molar-refractivity contribution in [2.75, 3.05) is 24.7 Å². The van der Waals surface area contributed by atoms with Crippen molar-refractivity contribution in [3.05, 3.63) is 88.4 Å². The van der Waals surface area contributed by atoms with Gasteiger partial charge in [0.15, 0.2) is 11.0 Å². The van der Waals surface area contributed by atoms with Crippen molar-refractivity contribution < 1.29 is 4.79 Å². The van der Waals surface area contributed by atoms with Gasteiger partial charge in [-0.3, -0.25) is 9.36 Å². The highest BCUT2D eigenvalue weighted by Gasteiger charge is 2.17. The minimum atomic E-state index is -0.255. The van der Waals surface area contributed by atoms with Gasteiger partial charge in [0.05, 0.1) is 12.0 Å². The van der Waals surface area contributed by atoms with Crippen molar-refractivity contribution in [1.82, 2.24) is 20.2 Å². The van der Waals surface area contributed by atoms with Crippen LogP contribution in [-0.2, 0) is 4.79 Å². The van der Waals surface area contributed by atoms with Gasteiger partial charge in [-0.15, -0.1) is 10.2 Å². The van der Waals surface area contributed by atoms with Gasteiger partial charge in [-0.25, -0.2) is 5.43 Å². The van der Waals surface area contributed by atoms with Crippen molar-refractivity contribution in [2.24, 2.45) is 5.10 Å². The van der Waals surface area contributed by atoms with Crippen LogP contribution < -0.4 is 10.3 Å². The zero-order valence-electron chi connectivity index (χ0n) is 19.0. The quantitative estimate of drug-likeness (QED) is 0.186. The lowest BCUT2D eigenvalue weighted by Gasteiger charge is -2.11. The second-order valence-electron chi connectivity index (χ2n) is 7.69. The molecule has 4 aromatic rings. The van der Waals surface area contributed by atoms with E-state index in [-0.39, 0.29) is 11.7 Å². The van der Waals surface area contributed by atoms with Gasteiger partial charge in [-0.2, -0.15) is 5.10 Å². The highest BCUT2D eigenvalue weighted by atomic mass is 35.5. The highest BCUT2D eigenvalue weighted by Crippen LogP contribution is 2.29. The number of hydrogen-bond donors (Lipinski definition) is 1. The number of benzene rings is 3. The number of carbonyl (C=O) groups excluding carboxylic acids is 1. The van der Waals surface area contributed by atoms with E-state index in [9.17, 15) is 4.79 Å². The average molecular weight is 525 g/mol. The van der Waals surface area contributed by atoms with Crippen LogP contribution in [-0.4, -0.2) is 46.7 Å². The van der Waals surface area contributed by atoms with Crippen LogP contribution in [0.15, 0.2) is 83.1 Å². The zero-order chi connectivity index (χ0) is 24.8. The lowest BCUT2D eigenvalue weighted by atomic mass is 10.2. The van der Waals surface area contributed by atoms with E-state index in [1.54, 1.807) is 30.5 Å². The molecule has 1 aromatic heterocycles. The number of thioether (sulfide) groups is 1. The van der Waals surface area contributed by atoms with Gasteiger partial charge in [0.1, 0.15) is 0 Å². The molecule has 1 heterocycles. The number of hydrogen-bond acceptors (Lipinski definition) is 6. The largest absolute Gasteiger partial charge is 0.378 e. The molecule has 0 saturated carbocycles. The monoisotopic (exact) mass is 524 g/mol. The number of amides is 1. The SMILES string of the molecule is CN(C)c1ccc(C=NNC(=O)CSc2nnc(-c3ccc(Cl)cc3)n2-c2ccc(Cl)cc2)cc1. The minimum absolute atomic E-state index is 0.114. The third kappa shape index (κ3) is 6.42. The van der Waals surface area contributed by atoms with Crippen LogP contribution in [0.3, 0.4) is 0 Å². The molecule has 7 nitrogen and oxygen atoms in total. The van der Waals surface area contributed by atoms with Gasteiger partial charge < -0.3 is 4.90 Å². The number of aromatic nitrogens is 3. The van der Waals surface area contributed by atoms with Crippen molar-refractivity contribution >= 4 is 52.8 Å². The molecule has 0 aliphatic rings. The zero-order valence-corrected chi connectivity index (χ0v) is 21.3.